The van der Waals surface area contributed by atoms with Gasteiger partial charge in [0.1, 0.15) is 5.75 Å². The highest BCUT2D eigenvalue weighted by molar-refractivity contribution is 5.27. The van der Waals surface area contributed by atoms with Gasteiger partial charge < -0.3 is 4.74 Å². The van der Waals surface area contributed by atoms with Crippen molar-refractivity contribution in [1.29, 1.82) is 0 Å². The van der Waals surface area contributed by atoms with Crippen LogP contribution in [0.1, 0.15) is 77.2 Å². The molecule has 0 aliphatic heterocycles. The molecule has 24 heavy (non-hydrogen) atoms. The first-order valence-electron chi connectivity index (χ1n) is 10.2. The largest absolute Gasteiger partial charge is 0.494 e. The van der Waals surface area contributed by atoms with Gasteiger partial charge in [0, 0.05) is 0 Å². The Bertz CT molecular complexity index is 451. The summed E-state index contributed by atoms with van der Waals surface area (Å²) in [5, 5.41) is 0. The third-order valence-corrected chi connectivity index (χ3v) is 5.35. The molecule has 1 nitrogen and oxygen atoms in total. The van der Waals surface area contributed by atoms with Gasteiger partial charge in [-0.2, -0.15) is 0 Å². The number of hydrogen-bond acceptors (Lipinski definition) is 1. The van der Waals surface area contributed by atoms with Crippen molar-refractivity contribution in [3.05, 3.63) is 42.0 Å². The van der Waals surface area contributed by atoms with Gasteiger partial charge in [-0.25, -0.2) is 0 Å². The summed E-state index contributed by atoms with van der Waals surface area (Å²) >= 11 is 0. The van der Waals surface area contributed by atoms with Crippen molar-refractivity contribution in [3.8, 4) is 5.75 Å². The first-order chi connectivity index (χ1) is 11.8. The van der Waals surface area contributed by atoms with Crippen LogP contribution in [0, 0.1) is 11.8 Å². The average molecular weight is 329 g/mol. The summed E-state index contributed by atoms with van der Waals surface area (Å²) in [7, 11) is 0. The minimum Gasteiger partial charge on any atom is -0.494 e. The molecule has 1 aromatic rings. The summed E-state index contributed by atoms with van der Waals surface area (Å²) in [6.45, 7) is 5.06. The van der Waals surface area contributed by atoms with Crippen molar-refractivity contribution in [2.24, 2.45) is 11.8 Å². The van der Waals surface area contributed by atoms with Crippen LogP contribution in [0.3, 0.4) is 0 Å². The molecule has 0 spiro atoms. The van der Waals surface area contributed by atoms with Gasteiger partial charge in [-0.05, 0) is 75.0 Å². The molecule has 1 saturated carbocycles. The van der Waals surface area contributed by atoms with Crippen LogP contribution in [0.15, 0.2) is 36.4 Å². The Balaban J connectivity index is 1.61. The van der Waals surface area contributed by atoms with Gasteiger partial charge in [-0.1, -0.05) is 56.9 Å². The molecular weight excluding hydrogens is 292 g/mol. The minimum atomic E-state index is 0.739. The van der Waals surface area contributed by atoms with Gasteiger partial charge in [0.15, 0.2) is 0 Å². The fourth-order valence-corrected chi connectivity index (χ4v) is 3.81. The van der Waals surface area contributed by atoms with Crippen LogP contribution >= 0.6 is 0 Å². The molecule has 0 aromatic heterocycles. The van der Waals surface area contributed by atoms with E-state index >= 15 is 0 Å². The van der Waals surface area contributed by atoms with E-state index in [1.54, 1.807) is 0 Å². The lowest BCUT2D eigenvalue weighted by Gasteiger charge is -2.26. The zero-order valence-electron chi connectivity index (χ0n) is 15.8. The fraction of sp³-hybridized carbons (Fsp3) is 0.652. The molecular formula is C23H36O. The highest BCUT2D eigenvalue weighted by atomic mass is 16.5. The maximum absolute atomic E-state index is 5.49. The number of benzene rings is 1. The van der Waals surface area contributed by atoms with Crippen molar-refractivity contribution >= 4 is 0 Å². The Labute approximate surface area is 149 Å². The van der Waals surface area contributed by atoms with Gasteiger partial charge in [0.2, 0.25) is 0 Å². The smallest absolute Gasteiger partial charge is 0.119 e. The Morgan fingerprint density at radius 3 is 2.42 bits per heavy atom. The standard InChI is InChI=1S/C23H36O/c1-3-5-6-9-20-12-14-21(15-13-20)10-7-8-11-22-16-18-23(19-17-22)24-4-2/h7,10,16-21H,3-6,8-9,11-15H2,1-2H3/b10-7+/t20-,21-. The second-order valence-corrected chi connectivity index (χ2v) is 7.32. The lowest BCUT2D eigenvalue weighted by molar-refractivity contribution is 0.289. The van der Waals surface area contributed by atoms with Crippen molar-refractivity contribution in [2.45, 2.75) is 78.1 Å². The summed E-state index contributed by atoms with van der Waals surface area (Å²) in [5.74, 6) is 2.84. The highest BCUT2D eigenvalue weighted by Gasteiger charge is 2.18. The Kier molecular flexibility index (Phi) is 9.02. The lowest BCUT2D eigenvalue weighted by Crippen LogP contribution is -2.13. The normalized spacial score (nSPS) is 21.2. The van der Waals surface area contributed by atoms with Crippen LogP contribution in [0.4, 0.5) is 0 Å². The van der Waals surface area contributed by atoms with E-state index in [-0.39, 0.29) is 0 Å². The van der Waals surface area contributed by atoms with Crippen molar-refractivity contribution in [3.63, 3.8) is 0 Å². The maximum atomic E-state index is 5.49. The maximum Gasteiger partial charge on any atom is 0.119 e. The van der Waals surface area contributed by atoms with E-state index in [9.17, 15) is 0 Å². The molecule has 1 aliphatic carbocycles. The zero-order chi connectivity index (χ0) is 17.0. The number of rotatable bonds is 10. The summed E-state index contributed by atoms with van der Waals surface area (Å²) in [6, 6.07) is 8.56. The molecule has 1 aromatic carbocycles. The number of ether oxygens (including phenoxy) is 1. The molecule has 0 heterocycles. The summed E-state index contributed by atoms with van der Waals surface area (Å²) in [6.07, 6.45) is 18.6. The van der Waals surface area contributed by atoms with Gasteiger partial charge >= 0.3 is 0 Å². The first-order valence-corrected chi connectivity index (χ1v) is 10.2. The van der Waals surface area contributed by atoms with Crippen molar-refractivity contribution in [2.75, 3.05) is 6.61 Å². The van der Waals surface area contributed by atoms with Gasteiger partial charge in [-0.15, -0.1) is 0 Å². The topological polar surface area (TPSA) is 9.23 Å². The van der Waals surface area contributed by atoms with E-state index in [2.05, 4.69) is 43.3 Å². The fourth-order valence-electron chi connectivity index (χ4n) is 3.81. The predicted octanol–water partition coefficient (Wildman–Crippen LogP) is 6.96. The number of unbranched alkanes of at least 4 members (excludes halogenated alkanes) is 2. The number of aryl methyl sites for hydroxylation is 1. The van der Waals surface area contributed by atoms with E-state index in [0.29, 0.717) is 0 Å². The summed E-state index contributed by atoms with van der Waals surface area (Å²) in [4.78, 5) is 0. The zero-order valence-corrected chi connectivity index (χ0v) is 15.8. The second-order valence-electron chi connectivity index (χ2n) is 7.32. The summed E-state index contributed by atoms with van der Waals surface area (Å²) in [5.41, 5.74) is 1.41. The highest BCUT2D eigenvalue weighted by Crippen LogP contribution is 2.32. The molecule has 0 N–H and O–H groups in total. The molecule has 0 atom stereocenters. The molecule has 2 rings (SSSR count). The molecule has 0 amide bonds. The first kappa shape index (κ1) is 19.1. The third-order valence-electron chi connectivity index (χ3n) is 5.35. The Hall–Kier alpha value is -1.24. The van der Waals surface area contributed by atoms with Crippen LogP contribution in [-0.4, -0.2) is 6.61 Å². The van der Waals surface area contributed by atoms with Crippen LogP contribution in [0.5, 0.6) is 5.75 Å². The molecule has 0 unspecified atom stereocenters. The van der Waals surface area contributed by atoms with Gasteiger partial charge in [0.25, 0.3) is 0 Å². The number of hydrogen-bond donors (Lipinski definition) is 0. The van der Waals surface area contributed by atoms with Crippen molar-refractivity contribution in [1.82, 2.24) is 0 Å². The van der Waals surface area contributed by atoms with Crippen LogP contribution in [0.2, 0.25) is 0 Å². The Morgan fingerprint density at radius 1 is 1.00 bits per heavy atom. The summed E-state index contributed by atoms with van der Waals surface area (Å²) < 4.78 is 5.49. The van der Waals surface area contributed by atoms with Gasteiger partial charge in [0.05, 0.1) is 6.61 Å². The average Bonchev–Trinajstić information content (AvgIpc) is 2.62. The lowest BCUT2D eigenvalue weighted by atomic mass is 9.79. The third kappa shape index (κ3) is 7.11. The van der Waals surface area contributed by atoms with Crippen LogP contribution in [0.25, 0.3) is 0 Å². The van der Waals surface area contributed by atoms with E-state index in [1.165, 1.54) is 56.9 Å². The quantitative estimate of drug-likeness (QED) is 0.333. The second kappa shape index (κ2) is 11.3. The Morgan fingerprint density at radius 2 is 1.75 bits per heavy atom. The molecule has 134 valence electrons. The molecule has 0 bridgehead atoms. The number of allylic oxidation sites excluding steroid dienone is 2. The van der Waals surface area contributed by atoms with Gasteiger partial charge in [-0.3, -0.25) is 0 Å². The molecule has 0 radical (unpaired) electrons. The SMILES string of the molecule is CCCCC[C@H]1CC[C@H](/C=C/CCc2ccc(OCC)cc2)CC1. The van der Waals surface area contributed by atoms with E-state index in [0.717, 1.165) is 37.0 Å². The van der Waals surface area contributed by atoms with E-state index in [1.807, 2.05) is 6.92 Å². The van der Waals surface area contributed by atoms with Crippen molar-refractivity contribution < 1.29 is 4.74 Å². The monoisotopic (exact) mass is 328 g/mol. The predicted molar refractivity (Wildman–Crippen MR) is 105 cm³/mol. The van der Waals surface area contributed by atoms with E-state index < -0.39 is 0 Å². The molecule has 1 fully saturated rings. The molecule has 1 aliphatic rings. The molecule has 1 heteroatoms. The minimum absolute atomic E-state index is 0.739. The van der Waals surface area contributed by atoms with Crippen LogP contribution < -0.4 is 4.74 Å². The van der Waals surface area contributed by atoms with E-state index in [4.69, 9.17) is 4.74 Å². The molecule has 0 saturated heterocycles. The van der Waals surface area contributed by atoms with Crippen LogP contribution in [-0.2, 0) is 6.42 Å².